The van der Waals surface area contributed by atoms with Crippen LogP contribution in [0.15, 0.2) is 22.7 Å². The summed E-state index contributed by atoms with van der Waals surface area (Å²) in [7, 11) is 0. The Morgan fingerprint density at radius 3 is 2.57 bits per heavy atom. The monoisotopic (exact) mass is 262 g/mol. The van der Waals surface area contributed by atoms with Crippen LogP contribution in [0.2, 0.25) is 0 Å². The zero-order chi connectivity index (χ0) is 10.9. The summed E-state index contributed by atoms with van der Waals surface area (Å²) in [5, 5.41) is 18.2. The van der Waals surface area contributed by atoms with Crippen LogP contribution < -0.4 is 0 Å². The molecule has 0 bridgehead atoms. The molecule has 0 fully saturated rings. The van der Waals surface area contributed by atoms with Crippen molar-refractivity contribution < 1.29 is 19.4 Å². The van der Waals surface area contributed by atoms with Crippen LogP contribution in [0.4, 0.5) is 4.39 Å². The van der Waals surface area contributed by atoms with E-state index in [9.17, 15) is 14.3 Å². The summed E-state index contributed by atoms with van der Waals surface area (Å²) < 4.78 is 12.9. The number of hydrogen-bond donors (Lipinski definition) is 2. The lowest BCUT2D eigenvalue weighted by Gasteiger charge is -2.18. The van der Waals surface area contributed by atoms with Crippen molar-refractivity contribution in [2.45, 2.75) is 12.5 Å². The summed E-state index contributed by atoms with van der Waals surface area (Å²) >= 11 is 2.91. The molecule has 0 radical (unpaired) electrons. The van der Waals surface area contributed by atoms with Crippen LogP contribution in [0.3, 0.4) is 0 Å². The van der Waals surface area contributed by atoms with Crippen LogP contribution in [0, 0.1) is 5.82 Å². The van der Waals surface area contributed by atoms with Crippen LogP contribution in [0.5, 0.6) is 0 Å². The van der Waals surface area contributed by atoms with E-state index in [1.807, 2.05) is 0 Å². The molecule has 2 N–H and O–H groups in total. The molecule has 0 saturated carbocycles. The molecule has 0 aliphatic heterocycles. The quantitative estimate of drug-likeness (QED) is 0.856. The Kier molecular flexibility index (Phi) is 2.92. The van der Waals surface area contributed by atoms with E-state index < -0.39 is 17.4 Å². The van der Waals surface area contributed by atoms with E-state index >= 15 is 0 Å². The summed E-state index contributed by atoms with van der Waals surface area (Å²) in [6.45, 7) is 1.13. The van der Waals surface area contributed by atoms with Gasteiger partial charge < -0.3 is 10.2 Å². The maximum absolute atomic E-state index is 12.8. The molecule has 0 saturated heterocycles. The van der Waals surface area contributed by atoms with E-state index in [4.69, 9.17) is 5.11 Å². The second-order valence-electron chi connectivity index (χ2n) is 3.01. The van der Waals surface area contributed by atoms with Crippen molar-refractivity contribution in [2.24, 2.45) is 0 Å². The Balaban J connectivity index is 3.21. The highest BCUT2D eigenvalue weighted by Crippen LogP contribution is 2.25. The maximum Gasteiger partial charge on any atom is 0.340 e. The standard InChI is InChI=1S/C9H8BrFO3/c1-9(14,8(12)13)5-2-3-7(11)6(10)4-5/h2-4,14H,1H3,(H,12,13). The van der Waals surface area contributed by atoms with Crippen molar-refractivity contribution in [1.82, 2.24) is 0 Å². The third-order valence-electron chi connectivity index (χ3n) is 1.90. The molecule has 1 atom stereocenters. The molecule has 5 heteroatoms. The van der Waals surface area contributed by atoms with Crippen LogP contribution in [0.1, 0.15) is 12.5 Å². The highest BCUT2D eigenvalue weighted by Gasteiger charge is 2.32. The normalized spacial score (nSPS) is 14.9. The third-order valence-corrected chi connectivity index (χ3v) is 2.51. The number of aliphatic hydroxyl groups is 1. The molecular weight excluding hydrogens is 255 g/mol. The van der Waals surface area contributed by atoms with Gasteiger partial charge >= 0.3 is 5.97 Å². The number of rotatable bonds is 2. The average Bonchev–Trinajstić information content (AvgIpc) is 2.09. The summed E-state index contributed by atoms with van der Waals surface area (Å²) in [4.78, 5) is 10.7. The van der Waals surface area contributed by atoms with E-state index in [1.54, 1.807) is 0 Å². The largest absolute Gasteiger partial charge is 0.479 e. The molecule has 0 heterocycles. The van der Waals surface area contributed by atoms with Crippen molar-refractivity contribution in [3.05, 3.63) is 34.1 Å². The summed E-state index contributed by atoms with van der Waals surface area (Å²) in [5.74, 6) is -1.88. The van der Waals surface area contributed by atoms with Crippen LogP contribution in [-0.2, 0) is 10.4 Å². The number of benzene rings is 1. The Hall–Kier alpha value is -0.940. The fourth-order valence-corrected chi connectivity index (χ4v) is 1.30. The van der Waals surface area contributed by atoms with Gasteiger partial charge in [-0.25, -0.2) is 9.18 Å². The summed E-state index contributed by atoms with van der Waals surface area (Å²) in [6.07, 6.45) is 0. The number of halogens is 2. The second-order valence-corrected chi connectivity index (χ2v) is 3.86. The molecule has 3 nitrogen and oxygen atoms in total. The Morgan fingerprint density at radius 1 is 1.57 bits per heavy atom. The fraction of sp³-hybridized carbons (Fsp3) is 0.222. The molecule has 1 unspecified atom stereocenters. The zero-order valence-electron chi connectivity index (χ0n) is 7.29. The first-order valence-corrected chi connectivity index (χ1v) is 4.56. The highest BCUT2D eigenvalue weighted by atomic mass is 79.9. The van der Waals surface area contributed by atoms with Crippen molar-refractivity contribution >= 4 is 21.9 Å². The van der Waals surface area contributed by atoms with Gasteiger partial charge in [-0.15, -0.1) is 0 Å². The van der Waals surface area contributed by atoms with Crippen LogP contribution in [-0.4, -0.2) is 16.2 Å². The lowest BCUT2D eigenvalue weighted by Crippen LogP contribution is -2.31. The van der Waals surface area contributed by atoms with Crippen molar-refractivity contribution in [3.8, 4) is 0 Å². The molecule has 76 valence electrons. The van der Waals surface area contributed by atoms with Gasteiger partial charge in [-0.1, -0.05) is 6.07 Å². The van der Waals surface area contributed by atoms with Gasteiger partial charge in [-0.05, 0) is 40.5 Å². The van der Waals surface area contributed by atoms with Crippen LogP contribution in [0.25, 0.3) is 0 Å². The van der Waals surface area contributed by atoms with Gasteiger partial charge in [0.15, 0.2) is 5.60 Å². The molecule has 1 rings (SSSR count). The first-order valence-electron chi connectivity index (χ1n) is 3.77. The highest BCUT2D eigenvalue weighted by molar-refractivity contribution is 9.10. The first-order chi connectivity index (χ1) is 6.35. The van der Waals surface area contributed by atoms with Crippen molar-refractivity contribution in [1.29, 1.82) is 0 Å². The Morgan fingerprint density at radius 2 is 2.14 bits per heavy atom. The lowest BCUT2D eigenvalue weighted by atomic mass is 9.96. The smallest absolute Gasteiger partial charge is 0.340 e. The second kappa shape index (κ2) is 3.67. The topological polar surface area (TPSA) is 57.5 Å². The molecular formula is C9H8BrFO3. The first kappa shape index (κ1) is 11.1. The predicted molar refractivity (Wildman–Crippen MR) is 51.3 cm³/mol. The minimum Gasteiger partial charge on any atom is -0.479 e. The average molecular weight is 263 g/mol. The molecule has 0 aliphatic carbocycles. The SMILES string of the molecule is CC(O)(C(=O)O)c1ccc(F)c(Br)c1. The minimum absolute atomic E-state index is 0.122. The van der Waals surface area contributed by atoms with Crippen LogP contribution >= 0.6 is 15.9 Å². The molecule has 0 amide bonds. The van der Waals surface area contributed by atoms with Gasteiger partial charge in [0.25, 0.3) is 0 Å². The number of carboxylic acids is 1. The number of hydrogen-bond acceptors (Lipinski definition) is 2. The summed E-state index contributed by atoms with van der Waals surface area (Å²) in [6, 6.07) is 3.56. The number of carboxylic acid groups (broad SMARTS) is 1. The minimum atomic E-state index is -2.00. The van der Waals surface area contributed by atoms with Gasteiger partial charge in [-0.3, -0.25) is 0 Å². The van der Waals surface area contributed by atoms with E-state index in [1.165, 1.54) is 12.1 Å². The molecule has 1 aromatic carbocycles. The van der Waals surface area contributed by atoms with E-state index in [-0.39, 0.29) is 10.0 Å². The Labute approximate surface area is 88.3 Å². The molecule has 14 heavy (non-hydrogen) atoms. The van der Waals surface area contributed by atoms with Gasteiger partial charge in [0.05, 0.1) is 4.47 Å². The molecule has 1 aromatic rings. The lowest BCUT2D eigenvalue weighted by molar-refractivity contribution is -0.157. The van der Waals surface area contributed by atoms with Gasteiger partial charge in [-0.2, -0.15) is 0 Å². The number of aliphatic carboxylic acids is 1. The van der Waals surface area contributed by atoms with Crippen molar-refractivity contribution in [2.75, 3.05) is 0 Å². The van der Waals surface area contributed by atoms with Crippen molar-refractivity contribution in [3.63, 3.8) is 0 Å². The van der Waals surface area contributed by atoms with E-state index in [2.05, 4.69) is 15.9 Å². The number of carbonyl (C=O) groups is 1. The predicted octanol–water partition coefficient (Wildman–Crippen LogP) is 1.88. The summed E-state index contributed by atoms with van der Waals surface area (Å²) in [5.41, 5.74) is -1.88. The van der Waals surface area contributed by atoms with Gasteiger partial charge in [0.2, 0.25) is 0 Å². The van der Waals surface area contributed by atoms with Gasteiger partial charge in [0.1, 0.15) is 5.82 Å². The third kappa shape index (κ3) is 1.93. The maximum atomic E-state index is 12.8. The Bertz CT molecular complexity index is 376. The molecule has 0 spiro atoms. The molecule has 0 aliphatic rings. The fourth-order valence-electron chi connectivity index (χ4n) is 0.922. The molecule has 0 aromatic heterocycles. The van der Waals surface area contributed by atoms with Gasteiger partial charge in [0, 0.05) is 0 Å². The zero-order valence-corrected chi connectivity index (χ0v) is 8.88. The van der Waals surface area contributed by atoms with E-state index in [0.717, 1.165) is 13.0 Å². The van der Waals surface area contributed by atoms with E-state index in [0.29, 0.717) is 0 Å².